The van der Waals surface area contributed by atoms with E-state index >= 15 is 0 Å². The number of nitro benzene ring substituents is 1. The molecule has 2 rings (SSSR count). The third kappa shape index (κ3) is 4.07. The van der Waals surface area contributed by atoms with Crippen molar-refractivity contribution in [2.45, 2.75) is 0 Å². The highest BCUT2D eigenvalue weighted by Crippen LogP contribution is 2.31. The van der Waals surface area contributed by atoms with E-state index in [-0.39, 0.29) is 21.5 Å². The molecular weight excluding hydrogens is 382 g/mol. The van der Waals surface area contributed by atoms with E-state index in [0.717, 1.165) is 12.3 Å². The van der Waals surface area contributed by atoms with Gasteiger partial charge in [-0.25, -0.2) is 5.43 Å². The molecule has 0 heterocycles. The van der Waals surface area contributed by atoms with Crippen LogP contribution in [0, 0.1) is 10.1 Å². The first-order valence-electron chi connectivity index (χ1n) is 6.56. The van der Waals surface area contributed by atoms with Crippen molar-refractivity contribution < 1.29 is 19.6 Å². The Morgan fingerprint density at radius 2 is 2.04 bits per heavy atom. The molecule has 24 heavy (non-hydrogen) atoms. The Balaban J connectivity index is 2.13. The number of carbonyl (C=O) groups is 1. The molecule has 0 fully saturated rings. The summed E-state index contributed by atoms with van der Waals surface area (Å²) in [5, 5.41) is 24.4. The molecule has 0 atom stereocenters. The zero-order valence-corrected chi connectivity index (χ0v) is 14.0. The number of non-ortho nitro benzene ring substituents is 1. The lowest BCUT2D eigenvalue weighted by Gasteiger charge is -2.03. The maximum atomic E-state index is 11.9. The van der Waals surface area contributed by atoms with Crippen LogP contribution in [0.4, 0.5) is 5.69 Å². The van der Waals surface area contributed by atoms with Gasteiger partial charge in [-0.1, -0.05) is 0 Å². The zero-order valence-electron chi connectivity index (χ0n) is 12.4. The second kappa shape index (κ2) is 7.55. The first kappa shape index (κ1) is 17.4. The number of ether oxygens (including phenoxy) is 1. The molecule has 0 bridgehead atoms. The van der Waals surface area contributed by atoms with Gasteiger partial charge in [0.1, 0.15) is 11.5 Å². The van der Waals surface area contributed by atoms with Crippen LogP contribution in [0.25, 0.3) is 0 Å². The highest BCUT2D eigenvalue weighted by Gasteiger charge is 2.13. The number of phenols is 1. The maximum absolute atomic E-state index is 11.9. The minimum atomic E-state index is -0.600. The van der Waals surface area contributed by atoms with Crippen molar-refractivity contribution in [2.75, 3.05) is 7.11 Å². The van der Waals surface area contributed by atoms with Crippen molar-refractivity contribution in [3.05, 3.63) is 62.1 Å². The average Bonchev–Trinajstić information content (AvgIpc) is 2.58. The zero-order chi connectivity index (χ0) is 17.7. The first-order valence-corrected chi connectivity index (χ1v) is 7.36. The number of hydrogen-bond acceptors (Lipinski definition) is 6. The van der Waals surface area contributed by atoms with Gasteiger partial charge >= 0.3 is 0 Å². The van der Waals surface area contributed by atoms with E-state index in [1.165, 1.54) is 13.2 Å². The topological polar surface area (TPSA) is 114 Å². The van der Waals surface area contributed by atoms with Crippen LogP contribution in [-0.4, -0.2) is 29.3 Å². The SMILES string of the molecule is COc1ccc(C(=O)N/N=C\c2cc([N+](=O)[O-])cc(Br)c2O)cc1. The molecule has 9 heteroatoms. The monoisotopic (exact) mass is 393 g/mol. The molecule has 0 saturated carbocycles. The fourth-order valence-corrected chi connectivity index (χ4v) is 2.24. The molecule has 0 spiro atoms. The summed E-state index contributed by atoms with van der Waals surface area (Å²) >= 11 is 3.02. The van der Waals surface area contributed by atoms with Gasteiger partial charge in [-0.05, 0) is 40.2 Å². The predicted octanol–water partition coefficient (Wildman–Crippen LogP) is 2.84. The number of amides is 1. The molecule has 0 saturated heterocycles. The van der Waals surface area contributed by atoms with Gasteiger partial charge in [0.25, 0.3) is 11.6 Å². The standard InChI is InChI=1S/C15H12BrN3O5/c1-24-12-4-2-9(3-5-12)15(21)18-17-8-10-6-11(19(22)23)7-13(16)14(10)20/h2-8,20H,1H3,(H,18,21)/b17-8-. The van der Waals surface area contributed by atoms with Crippen LogP contribution in [0.5, 0.6) is 11.5 Å². The molecule has 0 aliphatic rings. The molecule has 2 N–H and O–H groups in total. The minimum absolute atomic E-state index is 0.0890. The van der Waals surface area contributed by atoms with Crippen LogP contribution in [0.1, 0.15) is 15.9 Å². The Morgan fingerprint density at radius 1 is 1.38 bits per heavy atom. The summed E-state index contributed by atoms with van der Waals surface area (Å²) in [6, 6.07) is 8.69. The van der Waals surface area contributed by atoms with Crippen molar-refractivity contribution in [3.8, 4) is 11.5 Å². The van der Waals surface area contributed by atoms with E-state index in [4.69, 9.17) is 4.74 Å². The van der Waals surface area contributed by atoms with Crippen LogP contribution >= 0.6 is 15.9 Å². The second-order valence-corrected chi connectivity index (χ2v) is 5.40. The number of phenolic OH excluding ortho intramolecular Hbond substituents is 1. The third-order valence-electron chi connectivity index (χ3n) is 3.01. The number of rotatable bonds is 5. The molecule has 0 aromatic heterocycles. The van der Waals surface area contributed by atoms with Crippen molar-refractivity contribution in [1.29, 1.82) is 0 Å². The van der Waals surface area contributed by atoms with Gasteiger partial charge in [0, 0.05) is 23.3 Å². The van der Waals surface area contributed by atoms with Gasteiger partial charge in [0.05, 0.1) is 22.7 Å². The fraction of sp³-hybridized carbons (Fsp3) is 0.0667. The van der Waals surface area contributed by atoms with Gasteiger partial charge in [0.15, 0.2) is 0 Å². The molecule has 0 aliphatic heterocycles. The molecule has 2 aromatic rings. The predicted molar refractivity (Wildman–Crippen MR) is 90.5 cm³/mol. The average molecular weight is 394 g/mol. The number of nitrogens with zero attached hydrogens (tertiary/aromatic N) is 2. The van der Waals surface area contributed by atoms with Crippen molar-refractivity contribution >= 4 is 33.7 Å². The Morgan fingerprint density at radius 3 is 2.62 bits per heavy atom. The molecule has 0 radical (unpaired) electrons. The van der Waals surface area contributed by atoms with E-state index in [2.05, 4.69) is 26.5 Å². The second-order valence-electron chi connectivity index (χ2n) is 4.55. The summed E-state index contributed by atoms with van der Waals surface area (Å²) in [7, 11) is 1.52. The van der Waals surface area contributed by atoms with Gasteiger partial charge in [-0.3, -0.25) is 14.9 Å². The van der Waals surface area contributed by atoms with Crippen LogP contribution in [-0.2, 0) is 0 Å². The quantitative estimate of drug-likeness (QED) is 0.460. The number of hydrazone groups is 1. The summed E-state index contributed by atoms with van der Waals surface area (Å²) in [6.45, 7) is 0. The number of aromatic hydroxyl groups is 1. The van der Waals surface area contributed by atoms with Crippen LogP contribution in [0.3, 0.4) is 0 Å². The Bertz CT molecular complexity index is 806. The Labute approximate surface area is 145 Å². The smallest absolute Gasteiger partial charge is 0.271 e. The van der Waals surface area contributed by atoms with Crippen molar-refractivity contribution in [1.82, 2.24) is 5.43 Å². The van der Waals surface area contributed by atoms with Crippen LogP contribution in [0.15, 0.2) is 46.0 Å². The summed E-state index contributed by atoms with van der Waals surface area (Å²) in [5.74, 6) is -0.0812. The van der Waals surface area contributed by atoms with E-state index in [0.29, 0.717) is 11.3 Å². The molecule has 0 unspecified atom stereocenters. The van der Waals surface area contributed by atoms with Gasteiger partial charge in [0.2, 0.25) is 0 Å². The van der Waals surface area contributed by atoms with Crippen molar-refractivity contribution in [3.63, 3.8) is 0 Å². The third-order valence-corrected chi connectivity index (χ3v) is 3.61. The molecule has 0 aliphatic carbocycles. The highest BCUT2D eigenvalue weighted by molar-refractivity contribution is 9.10. The van der Waals surface area contributed by atoms with Crippen LogP contribution in [0.2, 0.25) is 0 Å². The molecule has 8 nitrogen and oxygen atoms in total. The first-order chi connectivity index (χ1) is 11.4. The van der Waals surface area contributed by atoms with Crippen molar-refractivity contribution in [2.24, 2.45) is 5.10 Å². The summed E-state index contributed by atoms with van der Waals surface area (Å²) in [6.07, 6.45) is 1.12. The van der Waals surface area contributed by atoms with E-state index in [9.17, 15) is 20.0 Å². The van der Waals surface area contributed by atoms with E-state index in [1.807, 2.05) is 0 Å². The normalized spacial score (nSPS) is 10.6. The van der Waals surface area contributed by atoms with Gasteiger partial charge in [-0.15, -0.1) is 0 Å². The largest absolute Gasteiger partial charge is 0.506 e. The van der Waals surface area contributed by atoms with Gasteiger partial charge < -0.3 is 9.84 Å². The molecule has 124 valence electrons. The molecular formula is C15H12BrN3O5. The number of nitrogens with one attached hydrogen (secondary N) is 1. The number of methoxy groups -OCH3 is 1. The fourth-order valence-electron chi connectivity index (χ4n) is 1.78. The lowest BCUT2D eigenvalue weighted by atomic mass is 10.2. The minimum Gasteiger partial charge on any atom is -0.506 e. The number of carbonyl (C=O) groups excluding carboxylic acids is 1. The Kier molecular flexibility index (Phi) is 5.48. The molecule has 2 aromatic carbocycles. The maximum Gasteiger partial charge on any atom is 0.271 e. The number of halogens is 1. The molecule has 1 amide bonds. The summed E-state index contributed by atoms with van der Waals surface area (Å²) in [5.41, 5.74) is 2.50. The number of hydrogen-bond donors (Lipinski definition) is 2. The van der Waals surface area contributed by atoms with E-state index < -0.39 is 10.8 Å². The summed E-state index contributed by atoms with van der Waals surface area (Å²) < 4.78 is 5.15. The Hall–Kier alpha value is -2.94. The lowest BCUT2D eigenvalue weighted by molar-refractivity contribution is -0.385. The number of nitro groups is 1. The van der Waals surface area contributed by atoms with Gasteiger partial charge in [-0.2, -0.15) is 5.10 Å². The highest BCUT2D eigenvalue weighted by atomic mass is 79.9. The lowest BCUT2D eigenvalue weighted by Crippen LogP contribution is -2.17. The van der Waals surface area contributed by atoms with Crippen LogP contribution < -0.4 is 10.2 Å². The van der Waals surface area contributed by atoms with E-state index in [1.54, 1.807) is 24.3 Å². The number of benzene rings is 2. The summed E-state index contributed by atoms with van der Waals surface area (Å²) in [4.78, 5) is 22.1.